The van der Waals surface area contributed by atoms with Crippen molar-refractivity contribution in [2.24, 2.45) is 0 Å². The summed E-state index contributed by atoms with van der Waals surface area (Å²) in [7, 11) is 4.33. The van der Waals surface area contributed by atoms with Crippen LogP contribution in [-0.4, -0.2) is 39.2 Å². The van der Waals surface area contributed by atoms with Crippen LogP contribution in [0.25, 0.3) is 0 Å². The van der Waals surface area contributed by atoms with Gasteiger partial charge in [-0.1, -0.05) is 0 Å². The van der Waals surface area contributed by atoms with Gasteiger partial charge in [0.05, 0.1) is 0 Å². The maximum atomic E-state index is 2.37. The van der Waals surface area contributed by atoms with Crippen LogP contribution in [0, 0.1) is 13.8 Å². The first-order chi connectivity index (χ1) is 12.5. The maximum absolute atomic E-state index is 2.37. The molecule has 26 heavy (non-hydrogen) atoms. The van der Waals surface area contributed by atoms with E-state index in [-0.39, 0.29) is 0 Å². The first kappa shape index (κ1) is 19.2. The van der Waals surface area contributed by atoms with Crippen molar-refractivity contribution in [1.82, 2.24) is 4.90 Å². The summed E-state index contributed by atoms with van der Waals surface area (Å²) in [5.74, 6) is 0. The zero-order chi connectivity index (χ0) is 18.7. The molecular formula is C24H28NSb. The van der Waals surface area contributed by atoms with Gasteiger partial charge in [-0.2, -0.15) is 0 Å². The summed E-state index contributed by atoms with van der Waals surface area (Å²) in [6, 6.07) is 28.0. The van der Waals surface area contributed by atoms with Crippen LogP contribution in [0.5, 0.6) is 0 Å². The van der Waals surface area contributed by atoms with E-state index in [1.54, 1.807) is 3.51 Å². The third-order valence-corrected chi connectivity index (χ3v) is 12.2. The van der Waals surface area contributed by atoms with Crippen molar-refractivity contribution in [1.29, 1.82) is 0 Å². The summed E-state index contributed by atoms with van der Waals surface area (Å²) in [5, 5.41) is 0. The summed E-state index contributed by atoms with van der Waals surface area (Å²) in [5.41, 5.74) is 4.13. The number of aryl methyl sites for hydroxylation is 2. The number of benzene rings is 3. The average Bonchev–Trinajstić information content (AvgIpc) is 2.65. The molecule has 3 rings (SSSR count). The third kappa shape index (κ3) is 4.22. The summed E-state index contributed by atoms with van der Waals surface area (Å²) >= 11 is -2.08. The molecule has 134 valence electrons. The fourth-order valence-electron chi connectivity index (χ4n) is 3.14. The Balaban J connectivity index is 2.18. The van der Waals surface area contributed by atoms with Gasteiger partial charge >= 0.3 is 166 Å². The summed E-state index contributed by atoms with van der Waals surface area (Å²) in [4.78, 5) is 2.31. The van der Waals surface area contributed by atoms with Gasteiger partial charge in [0, 0.05) is 0 Å². The van der Waals surface area contributed by atoms with E-state index >= 15 is 0 Å². The molecule has 0 bridgehead atoms. The van der Waals surface area contributed by atoms with Crippen molar-refractivity contribution in [2.75, 3.05) is 14.1 Å². The van der Waals surface area contributed by atoms with Crippen molar-refractivity contribution in [3.05, 3.63) is 89.5 Å². The van der Waals surface area contributed by atoms with Gasteiger partial charge in [0.2, 0.25) is 0 Å². The summed E-state index contributed by atoms with van der Waals surface area (Å²) in [6.07, 6.45) is 0. The normalized spacial score (nSPS) is 12.6. The first-order valence-corrected chi connectivity index (χ1v) is 13.0. The average molecular weight is 452 g/mol. The van der Waals surface area contributed by atoms with E-state index in [1.165, 1.54) is 23.7 Å². The van der Waals surface area contributed by atoms with Crippen LogP contribution in [0.3, 0.4) is 0 Å². The van der Waals surface area contributed by atoms with Gasteiger partial charge in [-0.05, 0) is 0 Å². The Bertz CT molecular complexity index is 805. The van der Waals surface area contributed by atoms with Crippen molar-refractivity contribution in [3.63, 3.8) is 0 Å². The van der Waals surface area contributed by atoms with Gasteiger partial charge in [-0.25, -0.2) is 0 Å². The zero-order valence-corrected chi connectivity index (χ0v) is 19.0. The Labute approximate surface area is 165 Å². The van der Waals surface area contributed by atoms with Gasteiger partial charge in [0.15, 0.2) is 0 Å². The van der Waals surface area contributed by atoms with Crippen molar-refractivity contribution >= 4 is 30.7 Å². The number of rotatable bonds is 5. The Kier molecular flexibility index (Phi) is 6.22. The molecule has 0 aliphatic rings. The number of hydrogen-bond donors (Lipinski definition) is 0. The fourth-order valence-corrected chi connectivity index (χ4v) is 10.3. The number of hydrogen-bond acceptors (Lipinski definition) is 1. The van der Waals surface area contributed by atoms with Crippen LogP contribution in [0.15, 0.2) is 72.8 Å². The SMILES string of the molecule is Cc1cc[c]([Sb]([c]2ccc(C)cc2)[c]2ccccc2[C@H](C)N(C)C)cc1. The Morgan fingerprint density at radius 2 is 1.15 bits per heavy atom. The van der Waals surface area contributed by atoms with E-state index in [9.17, 15) is 0 Å². The molecular weight excluding hydrogens is 424 g/mol. The third-order valence-electron chi connectivity index (χ3n) is 4.99. The van der Waals surface area contributed by atoms with Crippen LogP contribution in [0.2, 0.25) is 0 Å². The van der Waals surface area contributed by atoms with Gasteiger partial charge in [-0.3, -0.25) is 0 Å². The molecule has 1 atom stereocenters. The second-order valence-corrected chi connectivity index (χ2v) is 13.4. The molecule has 0 heterocycles. The van der Waals surface area contributed by atoms with E-state index in [2.05, 4.69) is 113 Å². The topological polar surface area (TPSA) is 3.24 Å². The monoisotopic (exact) mass is 451 g/mol. The standard InChI is InChI=1S/C10H14N.2C7H7.Sb/c1-9(11(2)3)10-7-5-4-6-8-10;2*1-7-5-3-2-4-6-7;/h4-7,9H,1-3H3;2*3-6H,1H3;/t9-;;;/m0.../s1. The minimum absolute atomic E-state index is 0.411. The quantitative estimate of drug-likeness (QED) is 0.537. The Hall–Kier alpha value is -1.56. The molecule has 0 saturated carbocycles. The first-order valence-electron chi connectivity index (χ1n) is 9.16. The van der Waals surface area contributed by atoms with E-state index in [0.717, 1.165) is 0 Å². The molecule has 0 aliphatic carbocycles. The van der Waals surface area contributed by atoms with E-state index in [1.807, 2.05) is 0 Å². The summed E-state index contributed by atoms with van der Waals surface area (Å²) < 4.78 is 4.63. The van der Waals surface area contributed by atoms with Crippen LogP contribution >= 0.6 is 0 Å². The van der Waals surface area contributed by atoms with Crippen LogP contribution in [0.1, 0.15) is 29.7 Å². The van der Waals surface area contributed by atoms with E-state index in [0.29, 0.717) is 6.04 Å². The molecule has 1 nitrogen and oxygen atoms in total. The molecule has 0 saturated heterocycles. The second-order valence-electron chi connectivity index (χ2n) is 7.20. The van der Waals surface area contributed by atoms with E-state index in [4.69, 9.17) is 0 Å². The predicted octanol–water partition coefficient (Wildman–Crippen LogP) is 3.44. The molecule has 2 heteroatoms. The molecule has 0 spiro atoms. The van der Waals surface area contributed by atoms with E-state index < -0.39 is 20.2 Å². The molecule has 0 unspecified atom stereocenters. The Morgan fingerprint density at radius 3 is 1.62 bits per heavy atom. The van der Waals surface area contributed by atoms with Crippen molar-refractivity contribution in [3.8, 4) is 0 Å². The van der Waals surface area contributed by atoms with Gasteiger partial charge in [0.1, 0.15) is 0 Å². The summed E-state index contributed by atoms with van der Waals surface area (Å²) in [6.45, 7) is 6.64. The van der Waals surface area contributed by atoms with Gasteiger partial charge in [-0.15, -0.1) is 0 Å². The zero-order valence-electron chi connectivity index (χ0n) is 16.4. The Morgan fingerprint density at radius 1 is 0.692 bits per heavy atom. The molecule has 0 aliphatic heterocycles. The molecule has 0 amide bonds. The fraction of sp³-hybridized carbons (Fsp3) is 0.250. The molecule has 0 fully saturated rings. The molecule has 0 radical (unpaired) electrons. The minimum atomic E-state index is -2.08. The van der Waals surface area contributed by atoms with Crippen molar-refractivity contribution in [2.45, 2.75) is 26.8 Å². The van der Waals surface area contributed by atoms with Gasteiger partial charge < -0.3 is 0 Å². The molecule has 0 N–H and O–H groups in total. The molecule has 3 aromatic rings. The van der Waals surface area contributed by atoms with Crippen molar-refractivity contribution < 1.29 is 0 Å². The number of nitrogens with zero attached hydrogens (tertiary/aromatic N) is 1. The molecule has 3 aromatic carbocycles. The van der Waals surface area contributed by atoms with Crippen LogP contribution in [0.4, 0.5) is 0 Å². The van der Waals surface area contributed by atoms with Crippen LogP contribution < -0.4 is 10.5 Å². The van der Waals surface area contributed by atoms with Gasteiger partial charge in [0.25, 0.3) is 0 Å². The molecule has 0 aromatic heterocycles. The predicted molar refractivity (Wildman–Crippen MR) is 116 cm³/mol. The van der Waals surface area contributed by atoms with Crippen LogP contribution in [-0.2, 0) is 0 Å². The second kappa shape index (κ2) is 8.42.